The van der Waals surface area contributed by atoms with Crippen LogP contribution in [-0.4, -0.2) is 6.54 Å². The largest absolute Gasteiger partial charge is 0.330 e. The molecule has 20 heavy (non-hydrogen) atoms. The summed E-state index contributed by atoms with van der Waals surface area (Å²) < 4.78 is 13.2. The predicted molar refractivity (Wildman–Crippen MR) is 82.5 cm³/mol. The van der Waals surface area contributed by atoms with Crippen LogP contribution in [-0.2, 0) is 12.8 Å². The molecule has 0 amide bonds. The van der Waals surface area contributed by atoms with Gasteiger partial charge in [0.25, 0.3) is 0 Å². The molecule has 0 saturated heterocycles. The van der Waals surface area contributed by atoms with E-state index in [0.717, 1.165) is 18.4 Å². The fraction of sp³-hybridized carbons (Fsp3) is 0.294. The number of halogens is 2. The second-order valence-corrected chi connectivity index (χ2v) is 5.65. The molecule has 1 nitrogen and oxygen atoms in total. The van der Waals surface area contributed by atoms with Crippen LogP contribution >= 0.6 is 11.6 Å². The van der Waals surface area contributed by atoms with Crippen molar-refractivity contribution >= 4 is 11.6 Å². The third-order valence-corrected chi connectivity index (χ3v) is 3.74. The van der Waals surface area contributed by atoms with Crippen molar-refractivity contribution < 1.29 is 4.39 Å². The Morgan fingerprint density at radius 1 is 1.10 bits per heavy atom. The second-order valence-electron chi connectivity index (χ2n) is 5.25. The fourth-order valence-corrected chi connectivity index (χ4v) is 2.61. The molecule has 2 aromatic carbocycles. The molecule has 1 unspecified atom stereocenters. The van der Waals surface area contributed by atoms with Crippen LogP contribution in [0.3, 0.4) is 0 Å². The van der Waals surface area contributed by atoms with E-state index in [1.807, 2.05) is 0 Å². The van der Waals surface area contributed by atoms with Gasteiger partial charge in [0.05, 0.1) is 5.02 Å². The van der Waals surface area contributed by atoms with Crippen molar-refractivity contribution in [3.63, 3.8) is 0 Å². The minimum Gasteiger partial charge on any atom is -0.330 e. The number of hydrogen-bond acceptors (Lipinski definition) is 1. The van der Waals surface area contributed by atoms with E-state index in [4.69, 9.17) is 17.3 Å². The van der Waals surface area contributed by atoms with E-state index < -0.39 is 0 Å². The zero-order valence-corrected chi connectivity index (χ0v) is 12.3. The zero-order chi connectivity index (χ0) is 14.5. The van der Waals surface area contributed by atoms with Crippen LogP contribution in [0, 0.1) is 18.7 Å². The Kier molecular flexibility index (Phi) is 5.16. The molecule has 0 aromatic heterocycles. The molecule has 0 spiro atoms. The Morgan fingerprint density at radius 3 is 2.40 bits per heavy atom. The summed E-state index contributed by atoms with van der Waals surface area (Å²) in [5.41, 5.74) is 9.43. The lowest BCUT2D eigenvalue weighted by Crippen LogP contribution is -2.19. The van der Waals surface area contributed by atoms with Gasteiger partial charge < -0.3 is 5.73 Å². The first-order valence-corrected chi connectivity index (χ1v) is 7.16. The molecule has 2 rings (SSSR count). The van der Waals surface area contributed by atoms with Gasteiger partial charge in [0, 0.05) is 0 Å². The van der Waals surface area contributed by atoms with Crippen LogP contribution in [0.5, 0.6) is 0 Å². The maximum absolute atomic E-state index is 13.2. The van der Waals surface area contributed by atoms with Crippen molar-refractivity contribution in [1.29, 1.82) is 0 Å². The second kappa shape index (κ2) is 6.87. The highest BCUT2D eigenvalue weighted by Crippen LogP contribution is 2.20. The maximum atomic E-state index is 13.2. The molecule has 0 radical (unpaired) electrons. The van der Waals surface area contributed by atoms with Gasteiger partial charge in [-0.15, -0.1) is 0 Å². The Bertz CT molecular complexity index is 583. The monoisotopic (exact) mass is 291 g/mol. The van der Waals surface area contributed by atoms with Crippen LogP contribution in [0.2, 0.25) is 5.02 Å². The molecule has 0 aliphatic rings. The Morgan fingerprint density at radius 2 is 1.80 bits per heavy atom. The number of nitrogens with two attached hydrogens (primary N) is 1. The SMILES string of the molecule is Cc1cccc(CC(CN)Cc2ccc(F)c(Cl)c2)c1. The van der Waals surface area contributed by atoms with Gasteiger partial charge >= 0.3 is 0 Å². The Balaban J connectivity index is 2.07. The molecule has 0 bridgehead atoms. The summed E-state index contributed by atoms with van der Waals surface area (Å²) in [6.07, 6.45) is 1.73. The summed E-state index contributed by atoms with van der Waals surface area (Å²) >= 11 is 5.82. The molecule has 0 aliphatic carbocycles. The highest BCUT2D eigenvalue weighted by molar-refractivity contribution is 6.30. The lowest BCUT2D eigenvalue weighted by molar-refractivity contribution is 0.532. The standard InChI is InChI=1S/C17H19ClFN/c1-12-3-2-4-13(7-12)8-15(11-20)9-14-5-6-17(19)16(18)10-14/h2-7,10,15H,8-9,11,20H2,1H3. The van der Waals surface area contributed by atoms with Crippen molar-refractivity contribution in [2.75, 3.05) is 6.54 Å². The molecule has 1 atom stereocenters. The van der Waals surface area contributed by atoms with Gasteiger partial charge in [-0.3, -0.25) is 0 Å². The van der Waals surface area contributed by atoms with Crippen molar-refractivity contribution in [1.82, 2.24) is 0 Å². The van der Waals surface area contributed by atoms with E-state index in [-0.39, 0.29) is 10.8 Å². The quantitative estimate of drug-likeness (QED) is 0.880. The highest BCUT2D eigenvalue weighted by Gasteiger charge is 2.10. The first-order chi connectivity index (χ1) is 9.58. The highest BCUT2D eigenvalue weighted by atomic mass is 35.5. The van der Waals surface area contributed by atoms with Crippen molar-refractivity contribution in [3.8, 4) is 0 Å². The third-order valence-electron chi connectivity index (χ3n) is 3.45. The number of aryl methyl sites for hydroxylation is 1. The molecule has 2 aromatic rings. The summed E-state index contributed by atoms with van der Waals surface area (Å²) in [5.74, 6) is -0.0447. The van der Waals surface area contributed by atoms with Crippen LogP contribution in [0.4, 0.5) is 4.39 Å². The predicted octanol–water partition coefficient (Wildman–Crippen LogP) is 4.15. The van der Waals surface area contributed by atoms with E-state index in [9.17, 15) is 4.39 Å². The van der Waals surface area contributed by atoms with Gasteiger partial charge in [-0.1, -0.05) is 47.5 Å². The molecular weight excluding hydrogens is 273 g/mol. The normalized spacial score (nSPS) is 12.4. The Hall–Kier alpha value is -1.38. The van der Waals surface area contributed by atoms with Gasteiger partial charge in [-0.25, -0.2) is 4.39 Å². The molecule has 106 valence electrons. The first kappa shape index (κ1) is 15.0. The van der Waals surface area contributed by atoms with Crippen LogP contribution in [0.1, 0.15) is 16.7 Å². The van der Waals surface area contributed by atoms with Gasteiger partial charge in [-0.2, -0.15) is 0 Å². The van der Waals surface area contributed by atoms with E-state index in [2.05, 4.69) is 31.2 Å². The molecule has 0 fully saturated rings. The van der Waals surface area contributed by atoms with Crippen LogP contribution in [0.15, 0.2) is 42.5 Å². The number of hydrogen-bond donors (Lipinski definition) is 1. The molecular formula is C17H19ClFN. The van der Waals surface area contributed by atoms with Gasteiger partial charge in [0.1, 0.15) is 5.82 Å². The molecule has 0 heterocycles. The molecule has 3 heteroatoms. The van der Waals surface area contributed by atoms with E-state index in [0.29, 0.717) is 12.5 Å². The number of rotatable bonds is 5. The summed E-state index contributed by atoms with van der Waals surface area (Å²) in [5, 5.41) is 0.175. The van der Waals surface area contributed by atoms with E-state index in [1.54, 1.807) is 12.1 Å². The number of benzene rings is 2. The average Bonchev–Trinajstić information content (AvgIpc) is 2.42. The van der Waals surface area contributed by atoms with Gasteiger partial charge in [-0.05, 0) is 55.5 Å². The van der Waals surface area contributed by atoms with E-state index >= 15 is 0 Å². The average molecular weight is 292 g/mol. The lowest BCUT2D eigenvalue weighted by atomic mass is 9.92. The van der Waals surface area contributed by atoms with Crippen molar-refractivity contribution in [3.05, 3.63) is 70.0 Å². The van der Waals surface area contributed by atoms with Crippen molar-refractivity contribution in [2.24, 2.45) is 11.7 Å². The van der Waals surface area contributed by atoms with Crippen LogP contribution in [0.25, 0.3) is 0 Å². The lowest BCUT2D eigenvalue weighted by Gasteiger charge is -2.15. The van der Waals surface area contributed by atoms with Crippen molar-refractivity contribution in [2.45, 2.75) is 19.8 Å². The summed E-state index contributed by atoms with van der Waals surface area (Å²) in [4.78, 5) is 0. The first-order valence-electron chi connectivity index (χ1n) is 6.78. The minimum atomic E-state index is -0.376. The molecule has 0 saturated carbocycles. The summed E-state index contributed by atoms with van der Waals surface area (Å²) in [6.45, 7) is 2.68. The molecule has 2 N–H and O–H groups in total. The summed E-state index contributed by atoms with van der Waals surface area (Å²) in [6, 6.07) is 13.3. The molecule has 0 aliphatic heterocycles. The minimum absolute atomic E-state index is 0.175. The summed E-state index contributed by atoms with van der Waals surface area (Å²) in [7, 11) is 0. The van der Waals surface area contributed by atoms with Gasteiger partial charge in [0.2, 0.25) is 0 Å². The van der Waals surface area contributed by atoms with Gasteiger partial charge in [0.15, 0.2) is 0 Å². The van der Waals surface area contributed by atoms with E-state index in [1.165, 1.54) is 17.2 Å². The zero-order valence-electron chi connectivity index (χ0n) is 11.6. The van der Waals surface area contributed by atoms with Crippen LogP contribution < -0.4 is 5.73 Å². The topological polar surface area (TPSA) is 26.0 Å². The smallest absolute Gasteiger partial charge is 0.141 e. The maximum Gasteiger partial charge on any atom is 0.141 e. The Labute approximate surface area is 124 Å². The third kappa shape index (κ3) is 4.06. The fourth-order valence-electron chi connectivity index (χ4n) is 2.41.